The number of halogens is 1. The molecule has 0 bridgehead atoms. The second kappa shape index (κ2) is 4.80. The lowest BCUT2D eigenvalue weighted by Gasteiger charge is -2.07. The van der Waals surface area contributed by atoms with Crippen molar-refractivity contribution < 1.29 is 4.79 Å². The Bertz CT molecular complexity index is 550. The van der Waals surface area contributed by atoms with Crippen molar-refractivity contribution in [3.05, 3.63) is 53.3 Å². The second-order valence-electron chi connectivity index (χ2n) is 3.23. The predicted octanol–water partition coefficient (Wildman–Crippen LogP) is 1.75. The first-order valence-electron chi connectivity index (χ1n) is 4.83. The zero-order chi connectivity index (χ0) is 12.3. The summed E-state index contributed by atoms with van der Waals surface area (Å²) in [6, 6.07) is 8.31. The normalized spacial score (nSPS) is 9.94. The van der Waals surface area contributed by atoms with E-state index in [1.807, 2.05) is 0 Å². The number of aromatic nitrogens is 2. The van der Waals surface area contributed by atoms with Crippen molar-refractivity contribution in [1.29, 1.82) is 5.41 Å². The Morgan fingerprint density at radius 2 is 2.12 bits per heavy atom. The average molecular weight is 249 g/mol. The molecule has 1 aromatic heterocycles. The highest BCUT2D eigenvalue weighted by Gasteiger charge is 2.11. The first kappa shape index (κ1) is 11.3. The van der Waals surface area contributed by atoms with Gasteiger partial charge in [-0.05, 0) is 18.2 Å². The zero-order valence-corrected chi connectivity index (χ0v) is 9.48. The van der Waals surface area contributed by atoms with E-state index in [2.05, 4.69) is 10.4 Å². The molecule has 1 amide bonds. The van der Waals surface area contributed by atoms with Gasteiger partial charge < -0.3 is 0 Å². The van der Waals surface area contributed by atoms with Gasteiger partial charge in [-0.2, -0.15) is 5.10 Å². The Hall–Kier alpha value is -2.14. The highest BCUT2D eigenvalue weighted by molar-refractivity contribution is 6.34. The fraction of sp³-hybridized carbons (Fsp3) is 0. The van der Waals surface area contributed by atoms with E-state index < -0.39 is 5.91 Å². The molecular weight excluding hydrogens is 240 g/mol. The van der Waals surface area contributed by atoms with E-state index >= 15 is 0 Å². The molecule has 5 nitrogen and oxygen atoms in total. The van der Waals surface area contributed by atoms with Gasteiger partial charge in [0, 0.05) is 12.4 Å². The monoisotopic (exact) mass is 248 g/mol. The SMILES string of the molecule is N=C(NC(=O)c1ccccc1Cl)n1cccn1. The van der Waals surface area contributed by atoms with Crippen LogP contribution in [-0.2, 0) is 0 Å². The number of hydrogen-bond donors (Lipinski definition) is 2. The lowest BCUT2D eigenvalue weighted by atomic mass is 10.2. The van der Waals surface area contributed by atoms with E-state index in [0.717, 1.165) is 0 Å². The molecule has 6 heteroatoms. The van der Waals surface area contributed by atoms with Crippen molar-refractivity contribution in [2.45, 2.75) is 0 Å². The van der Waals surface area contributed by atoms with Gasteiger partial charge in [-0.1, -0.05) is 23.7 Å². The first-order chi connectivity index (χ1) is 8.18. The van der Waals surface area contributed by atoms with Crippen LogP contribution in [0.5, 0.6) is 0 Å². The average Bonchev–Trinajstić information content (AvgIpc) is 2.82. The van der Waals surface area contributed by atoms with E-state index in [1.165, 1.54) is 10.9 Å². The lowest BCUT2D eigenvalue weighted by molar-refractivity contribution is 0.0975. The number of nitrogens with one attached hydrogen (secondary N) is 2. The smallest absolute Gasteiger partial charge is 0.259 e. The van der Waals surface area contributed by atoms with Crippen molar-refractivity contribution in [2.24, 2.45) is 0 Å². The van der Waals surface area contributed by atoms with Crippen molar-refractivity contribution in [1.82, 2.24) is 15.1 Å². The van der Waals surface area contributed by atoms with Crippen LogP contribution in [0, 0.1) is 5.41 Å². The number of amides is 1. The number of carbonyl (C=O) groups excluding carboxylic acids is 1. The molecule has 0 aliphatic heterocycles. The van der Waals surface area contributed by atoms with Crippen LogP contribution >= 0.6 is 11.6 Å². The molecule has 0 saturated carbocycles. The molecule has 0 atom stereocenters. The third-order valence-corrected chi connectivity index (χ3v) is 2.41. The Labute approximate surface area is 103 Å². The number of benzene rings is 1. The van der Waals surface area contributed by atoms with Gasteiger partial charge in [-0.15, -0.1) is 0 Å². The predicted molar refractivity (Wildman–Crippen MR) is 64.3 cm³/mol. The van der Waals surface area contributed by atoms with E-state index in [9.17, 15) is 4.79 Å². The van der Waals surface area contributed by atoms with Crippen LogP contribution in [0.3, 0.4) is 0 Å². The fourth-order valence-corrected chi connectivity index (χ4v) is 1.50. The van der Waals surface area contributed by atoms with E-state index in [1.54, 1.807) is 36.5 Å². The molecule has 1 aromatic carbocycles. The Balaban J connectivity index is 2.13. The molecule has 2 aromatic rings. The van der Waals surface area contributed by atoms with Crippen molar-refractivity contribution in [2.75, 3.05) is 0 Å². The summed E-state index contributed by atoms with van der Waals surface area (Å²) in [5, 5.41) is 14.2. The van der Waals surface area contributed by atoms with Crippen LogP contribution in [0.25, 0.3) is 0 Å². The topological polar surface area (TPSA) is 70.8 Å². The minimum Gasteiger partial charge on any atom is -0.291 e. The zero-order valence-electron chi connectivity index (χ0n) is 8.72. The molecule has 86 valence electrons. The molecule has 1 heterocycles. The molecule has 2 N–H and O–H groups in total. The molecule has 0 aliphatic carbocycles. The largest absolute Gasteiger partial charge is 0.291 e. The summed E-state index contributed by atoms with van der Waals surface area (Å²) in [4.78, 5) is 11.8. The molecule has 0 aliphatic rings. The number of rotatable bonds is 1. The van der Waals surface area contributed by atoms with Crippen LogP contribution in [0.1, 0.15) is 10.4 Å². The van der Waals surface area contributed by atoms with Crippen molar-refractivity contribution in [3.8, 4) is 0 Å². The van der Waals surface area contributed by atoms with E-state index in [0.29, 0.717) is 10.6 Å². The van der Waals surface area contributed by atoms with Crippen LogP contribution < -0.4 is 5.32 Å². The quantitative estimate of drug-likeness (QED) is 0.596. The maximum Gasteiger partial charge on any atom is 0.259 e. The third kappa shape index (κ3) is 2.51. The molecule has 17 heavy (non-hydrogen) atoms. The molecule has 0 unspecified atom stereocenters. The summed E-state index contributed by atoms with van der Waals surface area (Å²) in [5.74, 6) is -0.559. The molecule has 2 rings (SSSR count). The van der Waals surface area contributed by atoms with Gasteiger partial charge >= 0.3 is 0 Å². The summed E-state index contributed by atoms with van der Waals surface area (Å²) in [7, 11) is 0. The summed E-state index contributed by atoms with van der Waals surface area (Å²) in [6.07, 6.45) is 3.09. The highest BCUT2D eigenvalue weighted by atomic mass is 35.5. The van der Waals surface area contributed by atoms with Gasteiger partial charge in [-0.25, -0.2) is 4.68 Å². The highest BCUT2D eigenvalue weighted by Crippen LogP contribution is 2.14. The first-order valence-corrected chi connectivity index (χ1v) is 5.21. The number of hydrogen-bond acceptors (Lipinski definition) is 3. The van der Waals surface area contributed by atoms with Gasteiger partial charge in [0.1, 0.15) is 0 Å². The van der Waals surface area contributed by atoms with Gasteiger partial charge in [-0.3, -0.25) is 15.5 Å². The third-order valence-electron chi connectivity index (χ3n) is 2.08. The minimum atomic E-state index is -0.434. The number of nitrogens with zero attached hydrogens (tertiary/aromatic N) is 2. The molecule has 0 fully saturated rings. The van der Waals surface area contributed by atoms with Gasteiger partial charge in [0.15, 0.2) is 0 Å². The standard InChI is InChI=1S/C11H9ClN4O/c12-9-5-2-1-4-8(9)10(17)15-11(13)16-7-3-6-14-16/h1-7H,(H2,13,15,17). The van der Waals surface area contributed by atoms with Crippen molar-refractivity contribution in [3.63, 3.8) is 0 Å². The molecule has 0 spiro atoms. The molecular formula is C11H9ClN4O. The van der Waals surface area contributed by atoms with Crippen LogP contribution in [0.15, 0.2) is 42.7 Å². The Morgan fingerprint density at radius 1 is 1.35 bits per heavy atom. The maximum atomic E-state index is 11.8. The van der Waals surface area contributed by atoms with Crippen LogP contribution in [0.2, 0.25) is 5.02 Å². The number of carbonyl (C=O) groups is 1. The molecule has 0 saturated heterocycles. The van der Waals surface area contributed by atoms with Gasteiger partial charge in [0.2, 0.25) is 5.96 Å². The summed E-state index contributed by atoms with van der Waals surface area (Å²) in [6.45, 7) is 0. The summed E-state index contributed by atoms with van der Waals surface area (Å²) >= 11 is 5.87. The van der Waals surface area contributed by atoms with E-state index in [-0.39, 0.29) is 5.96 Å². The van der Waals surface area contributed by atoms with Gasteiger partial charge in [0.05, 0.1) is 10.6 Å². The Kier molecular flexibility index (Phi) is 3.20. The van der Waals surface area contributed by atoms with Crippen LogP contribution in [0.4, 0.5) is 0 Å². The van der Waals surface area contributed by atoms with Gasteiger partial charge in [0.25, 0.3) is 5.91 Å². The van der Waals surface area contributed by atoms with E-state index in [4.69, 9.17) is 17.0 Å². The Morgan fingerprint density at radius 3 is 2.76 bits per heavy atom. The second-order valence-corrected chi connectivity index (χ2v) is 3.64. The summed E-state index contributed by atoms with van der Waals surface area (Å²) in [5.41, 5.74) is 0.325. The van der Waals surface area contributed by atoms with Crippen LogP contribution in [-0.4, -0.2) is 21.6 Å². The summed E-state index contributed by atoms with van der Waals surface area (Å²) < 4.78 is 1.24. The molecule has 0 radical (unpaired) electrons. The maximum absolute atomic E-state index is 11.8. The fourth-order valence-electron chi connectivity index (χ4n) is 1.28. The lowest BCUT2D eigenvalue weighted by Crippen LogP contribution is -2.35. The minimum absolute atomic E-state index is 0.125. The van der Waals surface area contributed by atoms with Crippen molar-refractivity contribution >= 4 is 23.5 Å².